The van der Waals surface area contributed by atoms with Gasteiger partial charge in [-0.25, -0.2) is 0 Å². The number of nitrogens with zero attached hydrogens (tertiary/aromatic N) is 1. The molecule has 1 amide bonds. The van der Waals surface area contributed by atoms with E-state index in [1.165, 1.54) is 0 Å². The third-order valence-electron chi connectivity index (χ3n) is 4.03. The highest BCUT2D eigenvalue weighted by molar-refractivity contribution is 5.91. The number of hydrogen-bond acceptors (Lipinski definition) is 2. The van der Waals surface area contributed by atoms with E-state index in [-0.39, 0.29) is 18.6 Å². The highest BCUT2D eigenvalue weighted by Gasteiger charge is 2.20. The fourth-order valence-electron chi connectivity index (χ4n) is 2.88. The van der Waals surface area contributed by atoms with Gasteiger partial charge in [0.1, 0.15) is 6.54 Å². The highest BCUT2D eigenvalue weighted by Crippen LogP contribution is 2.30. The average molecular weight is 284 g/mol. The molecule has 110 valence electrons. The van der Waals surface area contributed by atoms with Crippen LogP contribution in [0.25, 0.3) is 0 Å². The molecular formula is C17H20N2O2. The summed E-state index contributed by atoms with van der Waals surface area (Å²) < 4.78 is 1.87. The van der Waals surface area contributed by atoms with Gasteiger partial charge >= 0.3 is 0 Å². The summed E-state index contributed by atoms with van der Waals surface area (Å²) in [5, 5.41) is 12.9. The van der Waals surface area contributed by atoms with Crippen LogP contribution in [0.5, 0.6) is 0 Å². The molecule has 1 aromatic heterocycles. The summed E-state index contributed by atoms with van der Waals surface area (Å²) >= 11 is 0. The van der Waals surface area contributed by atoms with Gasteiger partial charge in [0.05, 0.1) is 6.10 Å². The normalized spacial score (nSPS) is 17.3. The van der Waals surface area contributed by atoms with Crippen LogP contribution < -0.4 is 5.32 Å². The van der Waals surface area contributed by atoms with Crippen molar-refractivity contribution in [3.8, 4) is 0 Å². The fourth-order valence-corrected chi connectivity index (χ4v) is 2.88. The van der Waals surface area contributed by atoms with Gasteiger partial charge in [0.25, 0.3) is 0 Å². The van der Waals surface area contributed by atoms with Crippen molar-refractivity contribution in [3.63, 3.8) is 0 Å². The second kappa shape index (κ2) is 5.74. The average Bonchev–Trinajstić information content (AvgIpc) is 2.85. The van der Waals surface area contributed by atoms with Crippen molar-refractivity contribution in [3.05, 3.63) is 53.3 Å². The number of fused-ring (bicyclic) bond motifs is 1. The van der Waals surface area contributed by atoms with E-state index in [0.717, 1.165) is 41.6 Å². The minimum Gasteiger partial charge on any atom is -0.388 e. The Kier molecular flexibility index (Phi) is 3.80. The number of aliphatic hydroxyl groups is 1. The van der Waals surface area contributed by atoms with E-state index in [4.69, 9.17) is 0 Å². The number of rotatable bonds is 3. The van der Waals surface area contributed by atoms with Gasteiger partial charge in [-0.3, -0.25) is 4.79 Å². The molecule has 0 aliphatic heterocycles. The Labute approximate surface area is 124 Å². The lowest BCUT2D eigenvalue weighted by Crippen LogP contribution is -2.18. The van der Waals surface area contributed by atoms with E-state index in [1.807, 2.05) is 48.1 Å². The van der Waals surface area contributed by atoms with E-state index < -0.39 is 0 Å². The molecule has 0 radical (unpaired) electrons. The lowest BCUT2D eigenvalue weighted by molar-refractivity contribution is -0.116. The van der Waals surface area contributed by atoms with Gasteiger partial charge in [0.2, 0.25) is 5.91 Å². The minimum atomic E-state index is -0.380. The third-order valence-corrected chi connectivity index (χ3v) is 4.03. The Morgan fingerprint density at radius 1 is 1.38 bits per heavy atom. The molecule has 1 atom stereocenters. The minimum absolute atomic E-state index is 0.0499. The fraction of sp³-hybridized carbons (Fsp3) is 0.353. The molecule has 3 rings (SSSR count). The van der Waals surface area contributed by atoms with Gasteiger partial charge in [0.15, 0.2) is 0 Å². The van der Waals surface area contributed by atoms with Crippen LogP contribution >= 0.6 is 0 Å². The predicted molar refractivity (Wildman–Crippen MR) is 82.1 cm³/mol. The number of para-hydroxylation sites is 1. The molecule has 2 aromatic rings. The largest absolute Gasteiger partial charge is 0.388 e. The molecule has 4 nitrogen and oxygen atoms in total. The van der Waals surface area contributed by atoms with E-state index in [1.54, 1.807) is 0 Å². The number of anilines is 1. The number of aliphatic hydroxyl groups excluding tert-OH is 1. The molecule has 0 spiro atoms. The maximum atomic E-state index is 12.1. The van der Waals surface area contributed by atoms with Crippen molar-refractivity contribution >= 4 is 11.6 Å². The first-order valence-corrected chi connectivity index (χ1v) is 7.35. The van der Waals surface area contributed by atoms with Crippen LogP contribution in [0.1, 0.15) is 35.6 Å². The summed E-state index contributed by atoms with van der Waals surface area (Å²) in [5.41, 5.74) is 4.04. The zero-order valence-electron chi connectivity index (χ0n) is 12.2. The molecule has 0 saturated carbocycles. The monoisotopic (exact) mass is 284 g/mol. The molecule has 1 aliphatic rings. The maximum absolute atomic E-state index is 12.1. The zero-order chi connectivity index (χ0) is 14.8. The SMILES string of the molecule is Cc1ccccc1NC(=O)Cn1cc2c(c1)C(O)CCC2. The quantitative estimate of drug-likeness (QED) is 0.910. The first-order valence-electron chi connectivity index (χ1n) is 7.35. The van der Waals surface area contributed by atoms with Crippen molar-refractivity contribution in [2.75, 3.05) is 5.32 Å². The van der Waals surface area contributed by atoms with Crippen molar-refractivity contribution in [2.45, 2.75) is 38.8 Å². The summed E-state index contributed by atoms with van der Waals surface area (Å²) in [6, 6.07) is 7.73. The van der Waals surface area contributed by atoms with E-state index in [0.29, 0.717) is 0 Å². The molecule has 1 heterocycles. The summed E-state index contributed by atoms with van der Waals surface area (Å²) in [6.07, 6.45) is 6.30. The maximum Gasteiger partial charge on any atom is 0.244 e. The first kappa shape index (κ1) is 13.9. The van der Waals surface area contributed by atoms with E-state index >= 15 is 0 Å². The van der Waals surface area contributed by atoms with Crippen LogP contribution in [-0.2, 0) is 17.8 Å². The summed E-state index contributed by atoms with van der Waals surface area (Å²) in [4.78, 5) is 12.1. The summed E-state index contributed by atoms with van der Waals surface area (Å²) in [5.74, 6) is -0.0499. The van der Waals surface area contributed by atoms with Gasteiger partial charge in [-0.1, -0.05) is 18.2 Å². The van der Waals surface area contributed by atoms with Crippen LogP contribution in [0.3, 0.4) is 0 Å². The molecular weight excluding hydrogens is 264 g/mol. The summed E-state index contributed by atoms with van der Waals surface area (Å²) in [7, 11) is 0. The molecule has 1 aromatic carbocycles. The molecule has 0 fully saturated rings. The number of aryl methyl sites for hydroxylation is 2. The smallest absolute Gasteiger partial charge is 0.244 e. The Morgan fingerprint density at radius 3 is 2.95 bits per heavy atom. The number of nitrogens with one attached hydrogen (secondary N) is 1. The molecule has 21 heavy (non-hydrogen) atoms. The van der Waals surface area contributed by atoms with Gasteiger partial charge < -0.3 is 15.0 Å². The number of aromatic nitrogens is 1. The van der Waals surface area contributed by atoms with Crippen molar-refractivity contribution in [1.82, 2.24) is 4.57 Å². The predicted octanol–water partition coefficient (Wildman–Crippen LogP) is 2.80. The third kappa shape index (κ3) is 3.00. The lowest BCUT2D eigenvalue weighted by Gasteiger charge is -2.16. The molecule has 1 aliphatic carbocycles. The Bertz CT molecular complexity index is 661. The van der Waals surface area contributed by atoms with E-state index in [9.17, 15) is 9.90 Å². The summed E-state index contributed by atoms with van der Waals surface area (Å²) in [6.45, 7) is 2.24. The Balaban J connectivity index is 1.69. The van der Waals surface area contributed by atoms with Gasteiger partial charge in [0, 0.05) is 23.6 Å². The molecule has 0 saturated heterocycles. The Morgan fingerprint density at radius 2 is 2.19 bits per heavy atom. The molecule has 4 heteroatoms. The number of amides is 1. The highest BCUT2D eigenvalue weighted by atomic mass is 16.3. The lowest BCUT2D eigenvalue weighted by atomic mass is 9.93. The van der Waals surface area contributed by atoms with Crippen LogP contribution in [0.2, 0.25) is 0 Å². The molecule has 2 N–H and O–H groups in total. The van der Waals surface area contributed by atoms with Crippen LogP contribution in [0, 0.1) is 6.92 Å². The standard InChI is InChI=1S/C17H20N2O2/c1-12-5-2-3-7-15(12)18-17(21)11-19-9-13-6-4-8-16(20)14(13)10-19/h2-3,5,7,9-10,16,20H,4,6,8,11H2,1H3,(H,18,21). The van der Waals surface area contributed by atoms with Crippen molar-refractivity contribution in [2.24, 2.45) is 0 Å². The molecule has 0 bridgehead atoms. The van der Waals surface area contributed by atoms with Crippen LogP contribution in [0.15, 0.2) is 36.7 Å². The topological polar surface area (TPSA) is 54.3 Å². The number of carbonyl (C=O) groups is 1. The second-order valence-electron chi connectivity index (χ2n) is 5.68. The van der Waals surface area contributed by atoms with Gasteiger partial charge in [-0.2, -0.15) is 0 Å². The van der Waals surface area contributed by atoms with E-state index in [2.05, 4.69) is 5.32 Å². The Hall–Kier alpha value is -2.07. The second-order valence-corrected chi connectivity index (χ2v) is 5.68. The van der Waals surface area contributed by atoms with Gasteiger partial charge in [-0.15, -0.1) is 0 Å². The van der Waals surface area contributed by atoms with Crippen molar-refractivity contribution in [1.29, 1.82) is 0 Å². The van der Waals surface area contributed by atoms with Crippen LogP contribution in [0.4, 0.5) is 5.69 Å². The number of benzene rings is 1. The van der Waals surface area contributed by atoms with Crippen molar-refractivity contribution < 1.29 is 9.90 Å². The van der Waals surface area contributed by atoms with Crippen LogP contribution in [-0.4, -0.2) is 15.6 Å². The van der Waals surface area contributed by atoms with Gasteiger partial charge in [-0.05, 0) is 43.4 Å². The zero-order valence-corrected chi connectivity index (χ0v) is 12.2. The first-order chi connectivity index (χ1) is 10.1. The number of carbonyl (C=O) groups excluding carboxylic acids is 1. The molecule has 1 unspecified atom stereocenters. The number of hydrogen-bond donors (Lipinski definition) is 2.